The molecular weight excluding hydrogens is 324 g/mol. The summed E-state index contributed by atoms with van der Waals surface area (Å²) in [7, 11) is 0. The summed E-state index contributed by atoms with van der Waals surface area (Å²) in [4.78, 5) is 12.1. The summed E-state index contributed by atoms with van der Waals surface area (Å²) in [6.45, 7) is 4.92. The Morgan fingerprint density at radius 1 is 0.962 bits per heavy atom. The van der Waals surface area contributed by atoms with Gasteiger partial charge in [-0.1, -0.05) is 77.4 Å². The van der Waals surface area contributed by atoms with Crippen molar-refractivity contribution in [3.63, 3.8) is 0 Å². The molecule has 1 aliphatic carbocycles. The number of ether oxygens (including phenoxy) is 1. The first-order valence-electron chi connectivity index (χ1n) is 11.2. The van der Waals surface area contributed by atoms with Crippen LogP contribution in [0.15, 0.2) is 12.2 Å². The molecule has 0 heterocycles. The van der Waals surface area contributed by atoms with Gasteiger partial charge < -0.3 is 9.84 Å². The van der Waals surface area contributed by atoms with Crippen LogP contribution in [-0.2, 0) is 9.53 Å². The highest BCUT2D eigenvalue weighted by molar-refractivity contribution is 5.69. The summed E-state index contributed by atoms with van der Waals surface area (Å²) in [6.07, 6.45) is 19.6. The molecule has 0 aromatic heterocycles. The van der Waals surface area contributed by atoms with Crippen molar-refractivity contribution < 1.29 is 14.6 Å². The summed E-state index contributed by atoms with van der Waals surface area (Å²) in [6, 6.07) is 0. The van der Waals surface area contributed by atoms with Gasteiger partial charge in [-0.15, -0.1) is 0 Å². The van der Waals surface area contributed by atoms with E-state index in [0.717, 1.165) is 38.5 Å². The van der Waals surface area contributed by atoms with E-state index in [4.69, 9.17) is 4.74 Å². The molecule has 152 valence electrons. The second kappa shape index (κ2) is 15.2. The Morgan fingerprint density at radius 2 is 1.62 bits per heavy atom. The van der Waals surface area contributed by atoms with Crippen molar-refractivity contribution in [2.45, 2.75) is 110 Å². The van der Waals surface area contributed by atoms with E-state index in [1.807, 2.05) is 0 Å². The minimum atomic E-state index is -0.258. The topological polar surface area (TPSA) is 46.5 Å². The highest BCUT2D eigenvalue weighted by Gasteiger charge is 2.35. The second-order valence-corrected chi connectivity index (χ2v) is 7.94. The fourth-order valence-corrected chi connectivity index (χ4v) is 4.02. The Balaban J connectivity index is 2.06. The first-order valence-corrected chi connectivity index (χ1v) is 11.2. The number of allylic oxidation sites excluding steroid dienone is 2. The van der Waals surface area contributed by atoms with Gasteiger partial charge in [0.2, 0.25) is 0 Å². The zero-order valence-corrected chi connectivity index (χ0v) is 17.3. The molecule has 0 amide bonds. The van der Waals surface area contributed by atoms with Crippen molar-refractivity contribution in [3.8, 4) is 0 Å². The van der Waals surface area contributed by atoms with Crippen molar-refractivity contribution in [2.24, 2.45) is 11.8 Å². The molecule has 1 aliphatic rings. The molecule has 3 atom stereocenters. The molecule has 0 aliphatic heterocycles. The number of aliphatic hydroxyl groups is 1. The van der Waals surface area contributed by atoms with Gasteiger partial charge in [-0.05, 0) is 43.9 Å². The van der Waals surface area contributed by atoms with Crippen LogP contribution in [-0.4, -0.2) is 23.8 Å². The summed E-state index contributed by atoms with van der Waals surface area (Å²) in [5.41, 5.74) is 0. The number of hydrogen-bond donors (Lipinski definition) is 1. The van der Waals surface area contributed by atoms with E-state index in [1.54, 1.807) is 0 Å². The minimum absolute atomic E-state index is 0.0758. The zero-order valence-electron chi connectivity index (χ0n) is 17.3. The molecule has 26 heavy (non-hydrogen) atoms. The van der Waals surface area contributed by atoms with Gasteiger partial charge in [0.1, 0.15) is 0 Å². The molecule has 0 radical (unpaired) electrons. The highest BCUT2D eigenvalue weighted by atomic mass is 16.5. The Morgan fingerprint density at radius 3 is 2.27 bits per heavy atom. The molecule has 1 N–H and O–H groups in total. The summed E-state index contributed by atoms with van der Waals surface area (Å²) >= 11 is 0. The summed E-state index contributed by atoms with van der Waals surface area (Å²) in [5.74, 6) is 0.424. The molecule has 3 heteroatoms. The molecule has 0 saturated heterocycles. The van der Waals surface area contributed by atoms with Crippen LogP contribution in [0.2, 0.25) is 0 Å². The van der Waals surface area contributed by atoms with Crippen LogP contribution in [0.5, 0.6) is 0 Å². The molecule has 0 aromatic carbocycles. The fourth-order valence-electron chi connectivity index (χ4n) is 4.02. The first kappa shape index (κ1) is 23.2. The smallest absolute Gasteiger partial charge is 0.306 e. The maximum absolute atomic E-state index is 12.1. The number of carbonyl (C=O) groups excluding carboxylic acids is 1. The van der Waals surface area contributed by atoms with Gasteiger partial charge in [-0.2, -0.15) is 0 Å². The van der Waals surface area contributed by atoms with E-state index in [2.05, 4.69) is 26.0 Å². The third kappa shape index (κ3) is 10.4. The highest BCUT2D eigenvalue weighted by Crippen LogP contribution is 2.37. The van der Waals surface area contributed by atoms with E-state index in [9.17, 15) is 9.90 Å². The molecule has 1 rings (SSSR count). The molecule has 1 saturated carbocycles. The van der Waals surface area contributed by atoms with Gasteiger partial charge in [0.05, 0.1) is 12.7 Å². The largest absolute Gasteiger partial charge is 0.466 e. The maximum atomic E-state index is 12.1. The Hall–Kier alpha value is -0.830. The molecule has 0 bridgehead atoms. The average molecular weight is 367 g/mol. The maximum Gasteiger partial charge on any atom is 0.306 e. The quantitative estimate of drug-likeness (QED) is 0.213. The van der Waals surface area contributed by atoms with E-state index in [0.29, 0.717) is 13.0 Å². The predicted octanol–water partition coefficient (Wildman–Crippen LogP) is 6.19. The lowest BCUT2D eigenvalue weighted by molar-refractivity contribution is -0.145. The number of rotatable bonds is 15. The first-order chi connectivity index (χ1) is 12.7. The van der Waals surface area contributed by atoms with Crippen molar-refractivity contribution >= 4 is 5.97 Å². The fraction of sp³-hybridized carbons (Fsp3) is 0.870. The SMILES string of the molecule is CC/C=C\C[C@H]1C(O)CCC1CC(=O)OCCCCCCCCCCC. The van der Waals surface area contributed by atoms with Crippen LogP contribution in [0.4, 0.5) is 0 Å². The van der Waals surface area contributed by atoms with Crippen LogP contribution in [0.25, 0.3) is 0 Å². The lowest BCUT2D eigenvalue weighted by Crippen LogP contribution is -2.21. The van der Waals surface area contributed by atoms with Gasteiger partial charge in [0, 0.05) is 6.42 Å². The molecular formula is C23H42O3. The number of hydrogen-bond acceptors (Lipinski definition) is 3. The van der Waals surface area contributed by atoms with Crippen molar-refractivity contribution in [2.75, 3.05) is 6.61 Å². The molecule has 0 aromatic rings. The second-order valence-electron chi connectivity index (χ2n) is 7.94. The van der Waals surface area contributed by atoms with Crippen LogP contribution in [0, 0.1) is 11.8 Å². The van der Waals surface area contributed by atoms with Crippen LogP contribution in [0.3, 0.4) is 0 Å². The van der Waals surface area contributed by atoms with Crippen LogP contribution >= 0.6 is 0 Å². The molecule has 0 spiro atoms. The number of unbranched alkanes of at least 4 members (excludes halogenated alkanes) is 8. The van der Waals surface area contributed by atoms with E-state index >= 15 is 0 Å². The third-order valence-corrected chi connectivity index (χ3v) is 5.68. The Kier molecular flexibility index (Phi) is 13.6. The molecule has 3 nitrogen and oxygen atoms in total. The Bertz CT molecular complexity index is 378. The van der Waals surface area contributed by atoms with Crippen molar-refractivity contribution in [3.05, 3.63) is 12.2 Å². The number of esters is 1. The lowest BCUT2D eigenvalue weighted by Gasteiger charge is -2.20. The molecule has 2 unspecified atom stereocenters. The van der Waals surface area contributed by atoms with E-state index in [1.165, 1.54) is 44.9 Å². The van der Waals surface area contributed by atoms with Gasteiger partial charge in [-0.3, -0.25) is 4.79 Å². The zero-order chi connectivity index (χ0) is 19.0. The summed E-state index contributed by atoms with van der Waals surface area (Å²) in [5, 5.41) is 10.2. The lowest BCUT2D eigenvalue weighted by atomic mass is 9.89. The van der Waals surface area contributed by atoms with Gasteiger partial charge >= 0.3 is 5.97 Å². The molecule has 1 fully saturated rings. The normalized spacial score (nSPS) is 23.0. The van der Waals surface area contributed by atoms with Crippen LogP contribution < -0.4 is 0 Å². The summed E-state index contributed by atoms with van der Waals surface area (Å²) < 4.78 is 5.43. The average Bonchev–Trinajstić information content (AvgIpc) is 2.97. The number of carbonyl (C=O) groups is 1. The van der Waals surface area contributed by atoms with Crippen LogP contribution in [0.1, 0.15) is 104 Å². The monoisotopic (exact) mass is 366 g/mol. The van der Waals surface area contributed by atoms with Gasteiger partial charge in [0.25, 0.3) is 0 Å². The third-order valence-electron chi connectivity index (χ3n) is 5.68. The van der Waals surface area contributed by atoms with E-state index < -0.39 is 0 Å². The van der Waals surface area contributed by atoms with Gasteiger partial charge in [0.15, 0.2) is 0 Å². The van der Waals surface area contributed by atoms with Crippen molar-refractivity contribution in [1.29, 1.82) is 0 Å². The van der Waals surface area contributed by atoms with Crippen molar-refractivity contribution in [1.82, 2.24) is 0 Å². The Labute approximate surface area is 161 Å². The predicted molar refractivity (Wildman–Crippen MR) is 109 cm³/mol. The standard InChI is InChI=1S/C23H42O3/c1-3-5-7-8-9-10-11-12-14-18-26-23(25)19-20-16-17-22(24)21(20)15-13-6-4-2/h6,13,20-22,24H,3-5,7-12,14-19H2,1-2H3/b13-6-/t20?,21-,22?/m1/s1. The number of aliphatic hydroxyl groups excluding tert-OH is 1. The minimum Gasteiger partial charge on any atom is -0.466 e. The van der Waals surface area contributed by atoms with E-state index in [-0.39, 0.29) is 23.9 Å². The van der Waals surface area contributed by atoms with Gasteiger partial charge in [-0.25, -0.2) is 0 Å².